The number of hydrogen-bond acceptors (Lipinski definition) is 7. The van der Waals surface area contributed by atoms with Crippen molar-refractivity contribution >= 4 is 11.8 Å². The van der Waals surface area contributed by atoms with Gasteiger partial charge < -0.3 is 33.5 Å². The number of hydrogen-bond donors (Lipinski definition) is 1. The molecule has 0 aliphatic heterocycles. The monoisotopic (exact) mass is 1120 g/mol. The van der Waals surface area contributed by atoms with Crippen LogP contribution in [-0.4, -0.2) is 88.4 Å². The quantitative estimate of drug-likeness (QED) is 0.0281. The SMILES string of the molecule is CCCCC/C=C\C/C=C\CCCCCCCCOCOCCCC(CCCOCOCCCCCCCC/C=C\C/C=C\CCCCC)OC(O)CCC[N+](C)(Cl)COCCCCCCCC/C=C\C/C=C\CCCCC. The summed E-state index contributed by atoms with van der Waals surface area (Å²) in [5.74, 6) is 0. The van der Waals surface area contributed by atoms with Gasteiger partial charge in [-0.1, -0.05) is 209 Å². The van der Waals surface area contributed by atoms with Gasteiger partial charge in [-0.15, -0.1) is 0 Å². The molecule has 0 aliphatic rings. The Kier molecular flexibility index (Phi) is 64.9. The minimum Gasteiger partial charge on any atom is -0.368 e. The molecule has 2 atom stereocenters. The highest BCUT2D eigenvalue weighted by Crippen LogP contribution is 2.18. The van der Waals surface area contributed by atoms with Crippen molar-refractivity contribution in [1.82, 2.24) is 0 Å². The van der Waals surface area contributed by atoms with E-state index in [1.165, 1.54) is 193 Å². The lowest BCUT2D eigenvalue weighted by Crippen LogP contribution is -2.37. The number of halogens is 1. The number of aliphatic hydroxyl groups is 1. The smallest absolute Gasteiger partial charge is 0.199 e. The Morgan fingerprint density at radius 2 is 0.641 bits per heavy atom. The van der Waals surface area contributed by atoms with Crippen LogP contribution in [0, 0.1) is 0 Å². The fourth-order valence-corrected chi connectivity index (χ4v) is 9.43. The van der Waals surface area contributed by atoms with Gasteiger partial charge in [-0.05, 0) is 141 Å². The number of nitrogens with zero attached hydrogens (tertiary/aromatic N) is 1. The molecule has 0 heterocycles. The van der Waals surface area contributed by atoms with E-state index in [0.717, 1.165) is 90.4 Å². The van der Waals surface area contributed by atoms with Gasteiger partial charge in [0.05, 0.1) is 26.3 Å². The van der Waals surface area contributed by atoms with Crippen molar-refractivity contribution < 1.29 is 37.5 Å². The Balaban J connectivity index is 4.34. The van der Waals surface area contributed by atoms with Gasteiger partial charge in [0, 0.05) is 39.3 Å². The standard InChI is InChI=1S/C69H129ClNO7/c1-5-8-11-14-17-20-23-26-29-32-35-38-41-44-47-50-60-73-65-71(4,70)59-53-58-69(72)78-68(56-54-63-76-66-74-61-51-48-45-42-39-36-33-30-27-24-21-18-15-12-9-6-2)57-55-64-77-67-75-62-52-49-46-43-40-37-34-31-28-25-22-19-16-13-10-7-3/h17-22,26-31,68-69,72H,5-16,23-25,32-67H2,1-4H3/q+1/b20-17-,21-18-,22-19-,29-26-,30-27-,31-28-. The molecule has 0 saturated carbocycles. The van der Waals surface area contributed by atoms with Crippen LogP contribution in [0.4, 0.5) is 0 Å². The van der Waals surface area contributed by atoms with Crippen molar-refractivity contribution in [2.45, 2.75) is 303 Å². The number of rotatable bonds is 65. The molecule has 0 radical (unpaired) electrons. The van der Waals surface area contributed by atoms with Crippen molar-refractivity contribution in [2.75, 3.05) is 66.9 Å². The van der Waals surface area contributed by atoms with Crippen LogP contribution in [-0.2, 0) is 28.4 Å². The lowest BCUT2D eigenvalue weighted by molar-refractivity contribution is -0.818. The van der Waals surface area contributed by atoms with Crippen LogP contribution < -0.4 is 0 Å². The van der Waals surface area contributed by atoms with Crippen LogP contribution in [0.2, 0.25) is 0 Å². The van der Waals surface area contributed by atoms with Crippen LogP contribution in [0.25, 0.3) is 0 Å². The molecule has 0 bridgehead atoms. The summed E-state index contributed by atoms with van der Waals surface area (Å²) in [6.45, 7) is 12.0. The van der Waals surface area contributed by atoms with Gasteiger partial charge in [-0.25, -0.2) is 4.00 Å². The second-order valence-corrected chi connectivity index (χ2v) is 23.1. The van der Waals surface area contributed by atoms with Gasteiger partial charge in [0.1, 0.15) is 13.6 Å². The summed E-state index contributed by atoms with van der Waals surface area (Å²) < 4.78 is 35.8. The topological polar surface area (TPSA) is 75.6 Å². The summed E-state index contributed by atoms with van der Waals surface area (Å²) in [4.78, 5) is 0. The lowest BCUT2D eigenvalue weighted by Gasteiger charge is -2.25. The molecule has 0 aromatic carbocycles. The third kappa shape index (κ3) is 65.2. The van der Waals surface area contributed by atoms with Gasteiger partial charge in [0.2, 0.25) is 0 Å². The van der Waals surface area contributed by atoms with E-state index in [0.29, 0.717) is 46.5 Å². The van der Waals surface area contributed by atoms with Gasteiger partial charge in [-0.2, -0.15) is 0 Å². The number of quaternary nitrogens is 1. The molecule has 9 heteroatoms. The van der Waals surface area contributed by atoms with Crippen LogP contribution >= 0.6 is 11.8 Å². The summed E-state index contributed by atoms with van der Waals surface area (Å²) >= 11 is 6.83. The average molecular weight is 1120 g/mol. The number of unbranched alkanes of at least 4 members (excludes halogenated alkanes) is 27. The third-order valence-electron chi connectivity index (χ3n) is 14.2. The minimum absolute atomic E-state index is 0.0833. The highest BCUT2D eigenvalue weighted by molar-refractivity contribution is 6.06. The molecule has 8 nitrogen and oxygen atoms in total. The maximum absolute atomic E-state index is 11.0. The molecule has 458 valence electrons. The van der Waals surface area contributed by atoms with Gasteiger partial charge in [0.15, 0.2) is 24.8 Å². The molecule has 0 aliphatic carbocycles. The first-order chi connectivity index (χ1) is 38.4. The maximum atomic E-state index is 11.0. The third-order valence-corrected chi connectivity index (χ3v) is 14.5. The van der Waals surface area contributed by atoms with E-state index in [-0.39, 0.29) is 10.1 Å². The highest BCUT2D eigenvalue weighted by atomic mass is 35.5. The molecule has 1 N–H and O–H groups in total. The van der Waals surface area contributed by atoms with Crippen LogP contribution in [0.5, 0.6) is 0 Å². The predicted octanol–water partition coefficient (Wildman–Crippen LogP) is 21.0. The summed E-state index contributed by atoms with van der Waals surface area (Å²) in [5, 5.41) is 11.0. The summed E-state index contributed by atoms with van der Waals surface area (Å²) in [7, 11) is 1.99. The Labute approximate surface area is 489 Å². The fourth-order valence-electron chi connectivity index (χ4n) is 9.24. The van der Waals surface area contributed by atoms with Crippen molar-refractivity contribution in [3.05, 3.63) is 72.9 Å². The van der Waals surface area contributed by atoms with Gasteiger partial charge in [-0.3, -0.25) is 0 Å². The highest BCUT2D eigenvalue weighted by Gasteiger charge is 2.21. The first-order valence-corrected chi connectivity index (χ1v) is 33.4. The van der Waals surface area contributed by atoms with E-state index in [4.69, 9.17) is 40.2 Å². The van der Waals surface area contributed by atoms with E-state index in [1.54, 1.807) is 0 Å². The number of allylic oxidation sites excluding steroid dienone is 12. The zero-order valence-corrected chi connectivity index (χ0v) is 52.6. The van der Waals surface area contributed by atoms with Crippen molar-refractivity contribution in [1.29, 1.82) is 0 Å². The molecular weight excluding hydrogens is 990 g/mol. The van der Waals surface area contributed by atoms with Gasteiger partial charge in [0.25, 0.3) is 0 Å². The van der Waals surface area contributed by atoms with E-state index in [1.807, 2.05) is 7.05 Å². The summed E-state index contributed by atoms with van der Waals surface area (Å²) in [6.07, 6.45) is 76.2. The van der Waals surface area contributed by atoms with Crippen molar-refractivity contribution in [3.63, 3.8) is 0 Å². The number of aliphatic hydroxyl groups excluding tert-OH is 1. The number of ether oxygens (including phenoxy) is 6. The Morgan fingerprint density at radius 3 is 0.987 bits per heavy atom. The lowest BCUT2D eigenvalue weighted by atomic mass is 10.1. The summed E-state index contributed by atoms with van der Waals surface area (Å²) in [5.41, 5.74) is 0. The molecular formula is C69H129ClNO7+. The second-order valence-electron chi connectivity index (χ2n) is 22.3. The fraction of sp³-hybridized carbons (Fsp3) is 0.826. The largest absolute Gasteiger partial charge is 0.368 e. The Bertz CT molecular complexity index is 1270. The van der Waals surface area contributed by atoms with Gasteiger partial charge >= 0.3 is 0 Å². The van der Waals surface area contributed by atoms with E-state index < -0.39 is 6.29 Å². The zero-order chi connectivity index (χ0) is 56.4. The summed E-state index contributed by atoms with van der Waals surface area (Å²) in [6, 6.07) is 0. The molecule has 0 rings (SSSR count). The first kappa shape index (κ1) is 76.4. The Hall–Kier alpha value is -1.59. The van der Waals surface area contributed by atoms with Crippen molar-refractivity contribution in [2.24, 2.45) is 0 Å². The normalized spacial score (nSPS) is 13.7. The molecule has 0 fully saturated rings. The van der Waals surface area contributed by atoms with Crippen LogP contribution in [0.1, 0.15) is 290 Å². The van der Waals surface area contributed by atoms with E-state index in [9.17, 15) is 5.11 Å². The van der Waals surface area contributed by atoms with Crippen molar-refractivity contribution in [3.8, 4) is 0 Å². The molecule has 0 aromatic rings. The Morgan fingerprint density at radius 1 is 0.346 bits per heavy atom. The van der Waals surface area contributed by atoms with Crippen LogP contribution in [0.15, 0.2) is 72.9 Å². The average Bonchev–Trinajstić information content (AvgIpc) is 3.43. The molecule has 0 aromatic heterocycles. The first-order valence-electron chi connectivity index (χ1n) is 33.1. The zero-order valence-electron chi connectivity index (χ0n) is 51.9. The second kappa shape index (κ2) is 66.2. The van der Waals surface area contributed by atoms with Crippen LogP contribution in [0.3, 0.4) is 0 Å². The molecule has 2 unspecified atom stereocenters. The maximum Gasteiger partial charge on any atom is 0.199 e. The molecule has 0 spiro atoms. The molecule has 78 heavy (non-hydrogen) atoms. The minimum atomic E-state index is -0.845. The predicted molar refractivity (Wildman–Crippen MR) is 338 cm³/mol. The van der Waals surface area contributed by atoms with E-state index in [2.05, 4.69) is 93.7 Å². The molecule has 0 saturated heterocycles. The van der Waals surface area contributed by atoms with E-state index >= 15 is 0 Å². The molecule has 0 amide bonds.